The fourth-order valence-corrected chi connectivity index (χ4v) is 6.29. The van der Waals surface area contributed by atoms with Crippen molar-refractivity contribution in [1.82, 2.24) is 14.9 Å². The Kier molecular flexibility index (Phi) is 8.60. The Morgan fingerprint density at radius 2 is 1.66 bits per heavy atom. The number of sulfonamides is 1. The van der Waals surface area contributed by atoms with E-state index in [-0.39, 0.29) is 18.3 Å². The number of nitrogens with one attached hydrogen (secondary N) is 3. The maximum atomic E-state index is 14.1. The third-order valence-electron chi connectivity index (χ3n) is 6.46. The summed E-state index contributed by atoms with van der Waals surface area (Å²) in [6.45, 7) is 0.597. The molecule has 2 aromatic carbocycles. The zero-order chi connectivity index (χ0) is 27.3. The summed E-state index contributed by atoms with van der Waals surface area (Å²) in [4.78, 5) is 30.2. The van der Waals surface area contributed by atoms with Gasteiger partial charge in [0.2, 0.25) is 21.8 Å². The Labute approximate surface area is 226 Å². The van der Waals surface area contributed by atoms with E-state index in [1.54, 1.807) is 12.1 Å². The number of hydrogen-bond acceptors (Lipinski definition) is 6. The SMILES string of the molecule is CS(=O)(=O)N[C@@H](C(=O)N1CCCC1C(=O)NCc1ccc(C(=N)N)s1)C(c1ccccc1)c1ccccc1. The van der Waals surface area contributed by atoms with Gasteiger partial charge in [-0.05, 0) is 36.1 Å². The van der Waals surface area contributed by atoms with Gasteiger partial charge in [0, 0.05) is 17.3 Å². The lowest BCUT2D eigenvalue weighted by Gasteiger charge is -2.33. The first-order chi connectivity index (χ1) is 18.1. The highest BCUT2D eigenvalue weighted by Gasteiger charge is 2.41. The minimum absolute atomic E-state index is 0.0315. The van der Waals surface area contributed by atoms with Crippen LogP contribution >= 0.6 is 11.3 Å². The summed E-state index contributed by atoms with van der Waals surface area (Å²) in [6.07, 6.45) is 2.14. The van der Waals surface area contributed by atoms with Crippen molar-refractivity contribution in [2.75, 3.05) is 12.8 Å². The first-order valence-electron chi connectivity index (χ1n) is 12.2. The van der Waals surface area contributed by atoms with Gasteiger partial charge in [0.15, 0.2) is 0 Å². The van der Waals surface area contributed by atoms with E-state index in [0.29, 0.717) is 24.3 Å². The van der Waals surface area contributed by atoms with Crippen LogP contribution in [0, 0.1) is 5.41 Å². The molecule has 0 saturated carbocycles. The van der Waals surface area contributed by atoms with Gasteiger partial charge in [-0.3, -0.25) is 15.0 Å². The number of amides is 2. The van der Waals surface area contributed by atoms with Gasteiger partial charge in [-0.15, -0.1) is 11.3 Å². The summed E-state index contributed by atoms with van der Waals surface area (Å²) in [7, 11) is -3.77. The number of nitrogen functional groups attached to an aromatic ring is 1. The highest BCUT2D eigenvalue weighted by atomic mass is 32.2. The molecule has 0 bridgehead atoms. The minimum Gasteiger partial charge on any atom is -0.383 e. The van der Waals surface area contributed by atoms with Gasteiger partial charge in [0.05, 0.1) is 17.7 Å². The van der Waals surface area contributed by atoms with E-state index in [2.05, 4.69) is 10.0 Å². The molecular formula is C27H31N5O4S2. The Morgan fingerprint density at radius 1 is 1.05 bits per heavy atom. The van der Waals surface area contributed by atoms with Crippen LogP contribution in [0.3, 0.4) is 0 Å². The summed E-state index contributed by atoms with van der Waals surface area (Å²) < 4.78 is 27.5. The van der Waals surface area contributed by atoms with Crippen LogP contribution < -0.4 is 15.8 Å². The molecule has 3 aromatic rings. The molecular weight excluding hydrogens is 522 g/mol. The lowest BCUT2D eigenvalue weighted by atomic mass is 9.84. The van der Waals surface area contributed by atoms with E-state index < -0.39 is 33.9 Å². The first-order valence-corrected chi connectivity index (χ1v) is 14.9. The lowest BCUT2D eigenvalue weighted by Crippen LogP contribution is -2.55. The van der Waals surface area contributed by atoms with Gasteiger partial charge in [-0.25, -0.2) is 13.1 Å². The topological polar surface area (TPSA) is 145 Å². The summed E-state index contributed by atoms with van der Waals surface area (Å²) >= 11 is 1.32. The van der Waals surface area contributed by atoms with Crippen molar-refractivity contribution in [1.29, 1.82) is 5.41 Å². The molecule has 1 aromatic heterocycles. The van der Waals surface area contributed by atoms with Crippen LogP contribution in [0.15, 0.2) is 72.8 Å². The van der Waals surface area contributed by atoms with Gasteiger partial charge in [-0.1, -0.05) is 60.7 Å². The Hall–Kier alpha value is -3.54. The molecule has 0 aliphatic carbocycles. The second-order valence-electron chi connectivity index (χ2n) is 9.25. The normalized spacial score (nSPS) is 16.4. The predicted octanol–water partition coefficient (Wildman–Crippen LogP) is 2.39. The molecule has 11 heteroatoms. The van der Waals surface area contributed by atoms with E-state index in [4.69, 9.17) is 11.1 Å². The predicted molar refractivity (Wildman–Crippen MR) is 148 cm³/mol. The number of nitrogens with zero attached hydrogens (tertiary/aromatic N) is 1. The summed E-state index contributed by atoms with van der Waals surface area (Å²) in [5, 5.41) is 10.4. The van der Waals surface area contributed by atoms with Crippen molar-refractivity contribution in [3.8, 4) is 0 Å². The number of likely N-dealkylation sites (tertiary alicyclic amines) is 1. The monoisotopic (exact) mass is 553 g/mol. The Morgan fingerprint density at radius 3 is 2.18 bits per heavy atom. The lowest BCUT2D eigenvalue weighted by molar-refractivity contribution is -0.140. The van der Waals surface area contributed by atoms with E-state index in [0.717, 1.165) is 22.3 Å². The summed E-state index contributed by atoms with van der Waals surface area (Å²) in [5.74, 6) is -1.38. The van der Waals surface area contributed by atoms with E-state index in [1.165, 1.54) is 16.2 Å². The summed E-state index contributed by atoms with van der Waals surface area (Å²) in [6, 6.07) is 20.3. The molecule has 2 atom stereocenters. The molecule has 1 fully saturated rings. The van der Waals surface area contributed by atoms with Gasteiger partial charge < -0.3 is 16.0 Å². The molecule has 4 rings (SSSR count). The van der Waals surface area contributed by atoms with Crippen LogP contribution in [0.4, 0.5) is 0 Å². The third kappa shape index (κ3) is 6.66. The number of benzene rings is 2. The van der Waals surface area contributed by atoms with E-state index in [9.17, 15) is 18.0 Å². The molecule has 2 amide bonds. The second-order valence-corrected chi connectivity index (χ2v) is 12.2. The van der Waals surface area contributed by atoms with Crippen LogP contribution in [0.25, 0.3) is 0 Å². The molecule has 1 unspecified atom stereocenters. The van der Waals surface area contributed by atoms with Crippen molar-refractivity contribution >= 4 is 39.0 Å². The molecule has 1 aliphatic rings. The van der Waals surface area contributed by atoms with Crippen LogP contribution in [-0.4, -0.2) is 55.9 Å². The van der Waals surface area contributed by atoms with Crippen LogP contribution in [0.5, 0.6) is 0 Å². The van der Waals surface area contributed by atoms with Gasteiger partial charge in [-0.2, -0.15) is 0 Å². The average Bonchev–Trinajstić information content (AvgIpc) is 3.57. The van der Waals surface area contributed by atoms with Crippen LogP contribution in [-0.2, 0) is 26.2 Å². The number of thiophene rings is 1. The average molecular weight is 554 g/mol. The quantitative estimate of drug-likeness (QED) is 0.225. The highest BCUT2D eigenvalue weighted by Crippen LogP contribution is 2.31. The number of hydrogen-bond donors (Lipinski definition) is 4. The minimum atomic E-state index is -3.77. The molecule has 200 valence electrons. The van der Waals surface area contributed by atoms with E-state index in [1.807, 2.05) is 60.7 Å². The Balaban J connectivity index is 1.61. The van der Waals surface area contributed by atoms with Crippen molar-refractivity contribution in [2.45, 2.75) is 37.4 Å². The van der Waals surface area contributed by atoms with E-state index >= 15 is 0 Å². The first kappa shape index (κ1) is 27.5. The van der Waals surface area contributed by atoms with Crippen molar-refractivity contribution in [3.05, 3.63) is 93.7 Å². The number of rotatable bonds is 10. The molecule has 9 nitrogen and oxygen atoms in total. The standard InChI is InChI=1S/C27H31N5O4S2/c1-38(35,36)31-24(23(18-9-4-2-5-10-18)19-11-6-3-7-12-19)27(34)32-16-8-13-21(32)26(33)30-17-20-14-15-22(37-20)25(28)29/h2-7,9-12,14-15,21,23-24,31H,8,13,16-17H2,1H3,(H3,28,29)(H,30,33)/t21?,24-/m1/s1. The van der Waals surface area contributed by atoms with Crippen molar-refractivity contribution in [2.24, 2.45) is 5.73 Å². The second kappa shape index (κ2) is 11.9. The van der Waals surface area contributed by atoms with Gasteiger partial charge in [0.1, 0.15) is 17.9 Å². The number of amidine groups is 1. The molecule has 1 saturated heterocycles. The molecule has 0 radical (unpaired) electrons. The molecule has 38 heavy (non-hydrogen) atoms. The smallest absolute Gasteiger partial charge is 0.243 e. The largest absolute Gasteiger partial charge is 0.383 e. The molecule has 5 N–H and O–H groups in total. The highest BCUT2D eigenvalue weighted by molar-refractivity contribution is 7.88. The third-order valence-corrected chi connectivity index (χ3v) is 8.26. The zero-order valence-corrected chi connectivity index (χ0v) is 22.6. The van der Waals surface area contributed by atoms with Crippen molar-refractivity contribution in [3.63, 3.8) is 0 Å². The Bertz CT molecular complexity index is 1350. The van der Waals surface area contributed by atoms with Crippen molar-refractivity contribution < 1.29 is 18.0 Å². The summed E-state index contributed by atoms with van der Waals surface area (Å²) in [5.41, 5.74) is 7.10. The van der Waals surface area contributed by atoms with Crippen LogP contribution in [0.2, 0.25) is 0 Å². The number of carbonyl (C=O) groups excluding carboxylic acids is 2. The molecule has 0 spiro atoms. The molecule has 2 heterocycles. The fourth-order valence-electron chi connectivity index (χ4n) is 4.78. The number of nitrogens with two attached hydrogens (primary N) is 1. The molecule has 1 aliphatic heterocycles. The maximum absolute atomic E-state index is 14.1. The fraction of sp³-hybridized carbons (Fsp3) is 0.296. The maximum Gasteiger partial charge on any atom is 0.243 e. The zero-order valence-electron chi connectivity index (χ0n) is 21.0. The van der Waals surface area contributed by atoms with Gasteiger partial charge >= 0.3 is 0 Å². The van der Waals surface area contributed by atoms with Gasteiger partial charge in [0.25, 0.3) is 0 Å². The van der Waals surface area contributed by atoms with Crippen LogP contribution in [0.1, 0.15) is 39.6 Å². The number of carbonyl (C=O) groups is 2.